The van der Waals surface area contributed by atoms with Crippen molar-refractivity contribution in [2.24, 2.45) is 0 Å². The molecule has 4 heterocycles. The molecule has 0 spiro atoms. The van der Waals surface area contributed by atoms with Gasteiger partial charge in [0.25, 0.3) is 0 Å². The minimum absolute atomic E-state index is 0.0275. The van der Waals surface area contributed by atoms with Crippen molar-refractivity contribution in [3.8, 4) is 11.6 Å². The molecule has 0 aliphatic heterocycles. The lowest BCUT2D eigenvalue weighted by atomic mass is 10.1. The molecule has 0 bridgehead atoms. The minimum Gasteiger partial charge on any atom is -0.399 e. The van der Waals surface area contributed by atoms with E-state index in [-0.39, 0.29) is 36.1 Å². The molecular weight excluding hydrogens is 654 g/mol. The molecule has 12 nitrogen and oxygen atoms in total. The summed E-state index contributed by atoms with van der Waals surface area (Å²) in [5.74, 6) is -0.957. The van der Waals surface area contributed by atoms with Gasteiger partial charge in [-0.2, -0.15) is 20.2 Å². The molecule has 0 radical (unpaired) electrons. The van der Waals surface area contributed by atoms with Crippen LogP contribution in [0.2, 0.25) is 5.28 Å². The number of halogens is 3. The summed E-state index contributed by atoms with van der Waals surface area (Å²) in [5, 5.41) is 29.5. The van der Waals surface area contributed by atoms with Crippen LogP contribution < -0.4 is 11.1 Å². The highest BCUT2D eigenvalue weighted by molar-refractivity contribution is 6.28. The lowest BCUT2D eigenvalue weighted by Crippen LogP contribution is -2.06. The summed E-state index contributed by atoms with van der Waals surface area (Å²) in [5.41, 5.74) is 14.4. The van der Waals surface area contributed by atoms with Gasteiger partial charge in [0.1, 0.15) is 0 Å². The fourth-order valence-electron chi connectivity index (χ4n) is 4.78. The average Bonchev–Trinajstić information content (AvgIpc) is 3.60. The number of rotatable bonds is 6. The first kappa shape index (κ1) is 36.5. The Morgan fingerprint density at radius 3 is 1.59 bits per heavy atom. The Bertz CT molecular complexity index is 1990. The second kappa shape index (κ2) is 16.2. The predicted octanol–water partition coefficient (Wildman–Crippen LogP) is 6.10. The minimum atomic E-state index is -0.628. The van der Waals surface area contributed by atoms with Gasteiger partial charge in [0.2, 0.25) is 11.2 Å². The molecule has 0 unspecified atom stereocenters. The van der Waals surface area contributed by atoms with Crippen LogP contribution in [-0.4, -0.2) is 49.7 Å². The van der Waals surface area contributed by atoms with Gasteiger partial charge in [0, 0.05) is 34.9 Å². The average molecular weight is 691 g/mol. The predicted molar refractivity (Wildman–Crippen MR) is 184 cm³/mol. The van der Waals surface area contributed by atoms with E-state index >= 15 is 0 Å². The highest BCUT2D eigenvalue weighted by Crippen LogP contribution is 2.20. The van der Waals surface area contributed by atoms with Gasteiger partial charge in [-0.25, -0.2) is 28.1 Å². The molecule has 0 aliphatic rings. The molecule has 5 N–H and O–H groups in total. The molecule has 256 valence electrons. The molecule has 0 fully saturated rings. The van der Waals surface area contributed by atoms with Crippen molar-refractivity contribution >= 4 is 28.9 Å². The van der Waals surface area contributed by atoms with E-state index in [1.165, 1.54) is 26.7 Å². The summed E-state index contributed by atoms with van der Waals surface area (Å²) < 4.78 is 30.0. The van der Waals surface area contributed by atoms with Crippen LogP contribution in [0.3, 0.4) is 0 Å². The number of aliphatic hydroxyl groups is 2. The van der Waals surface area contributed by atoms with Crippen LogP contribution in [0, 0.1) is 53.2 Å². The number of anilines is 3. The van der Waals surface area contributed by atoms with Gasteiger partial charge in [-0.05, 0) is 99.7 Å². The third-order valence-corrected chi connectivity index (χ3v) is 7.10. The van der Waals surface area contributed by atoms with E-state index in [2.05, 4.69) is 47.6 Å². The molecule has 0 saturated carbocycles. The summed E-state index contributed by atoms with van der Waals surface area (Å²) in [7, 11) is 0. The van der Waals surface area contributed by atoms with Gasteiger partial charge in [0.05, 0.1) is 37.0 Å². The lowest BCUT2D eigenvalue weighted by molar-refractivity contribution is 0.281. The van der Waals surface area contributed by atoms with E-state index in [1.54, 1.807) is 20.0 Å². The first-order chi connectivity index (χ1) is 23.3. The normalized spacial score (nSPS) is 10.6. The van der Waals surface area contributed by atoms with Crippen molar-refractivity contribution in [3.05, 3.63) is 123 Å². The monoisotopic (exact) mass is 690 g/mol. The summed E-state index contributed by atoms with van der Waals surface area (Å²) in [6.45, 7) is 11.2. The van der Waals surface area contributed by atoms with Gasteiger partial charge in [0.15, 0.2) is 23.3 Å². The van der Waals surface area contributed by atoms with Crippen molar-refractivity contribution in [2.75, 3.05) is 11.1 Å². The summed E-state index contributed by atoms with van der Waals surface area (Å²) in [4.78, 5) is 15.4. The van der Waals surface area contributed by atoms with Crippen molar-refractivity contribution in [1.29, 1.82) is 0 Å². The van der Waals surface area contributed by atoms with Gasteiger partial charge >= 0.3 is 0 Å². The molecule has 0 aliphatic carbocycles. The van der Waals surface area contributed by atoms with E-state index in [9.17, 15) is 13.9 Å². The number of nitrogens with one attached hydrogen (secondary N) is 1. The lowest BCUT2D eigenvalue weighted by Gasteiger charge is -2.09. The highest BCUT2D eigenvalue weighted by Gasteiger charge is 2.14. The second-order valence-corrected chi connectivity index (χ2v) is 11.6. The van der Waals surface area contributed by atoms with Crippen molar-refractivity contribution in [3.63, 3.8) is 0 Å². The summed E-state index contributed by atoms with van der Waals surface area (Å²) >= 11 is 5.57. The highest BCUT2D eigenvalue weighted by atomic mass is 35.5. The Morgan fingerprint density at radius 1 is 0.694 bits per heavy atom. The van der Waals surface area contributed by atoms with Gasteiger partial charge < -0.3 is 21.3 Å². The molecule has 49 heavy (non-hydrogen) atoms. The number of nitrogen functional groups attached to an aromatic ring is 1. The number of hydrogen-bond donors (Lipinski definition) is 4. The fourth-order valence-corrected chi connectivity index (χ4v) is 4.91. The summed E-state index contributed by atoms with van der Waals surface area (Å²) in [6.07, 6.45) is 5.13. The number of nitrogens with two attached hydrogens (primary N) is 1. The number of aromatic nitrogens is 8. The topological polar surface area (TPSA) is 166 Å². The zero-order valence-corrected chi connectivity index (χ0v) is 28.6. The Morgan fingerprint density at radius 2 is 1.14 bits per heavy atom. The smallest absolute Gasteiger partial charge is 0.229 e. The molecule has 4 aromatic heterocycles. The maximum atomic E-state index is 14.1. The molecule has 6 rings (SSSR count). The largest absolute Gasteiger partial charge is 0.399 e. The number of nitrogens with zero attached hydrogens (tertiary/aromatic N) is 8. The molecule has 0 amide bonds. The van der Waals surface area contributed by atoms with Crippen molar-refractivity contribution in [1.82, 2.24) is 39.5 Å². The number of aryl methyl sites for hydroxylation is 6. The van der Waals surface area contributed by atoms with Gasteiger partial charge in [-0.3, -0.25) is 0 Å². The molecular formula is C34H37ClF2N10O2. The Hall–Kier alpha value is -5.31. The third kappa shape index (κ3) is 9.85. The number of aliphatic hydroxyl groups excluding tert-OH is 2. The first-order valence-electron chi connectivity index (χ1n) is 15.0. The number of hydrogen-bond acceptors (Lipinski definition) is 10. The fraction of sp³-hybridized carbons (Fsp3) is 0.235. The molecule has 15 heteroatoms. The molecule has 0 saturated heterocycles. The van der Waals surface area contributed by atoms with Crippen molar-refractivity contribution < 1.29 is 19.0 Å². The molecule has 0 atom stereocenters. The van der Waals surface area contributed by atoms with E-state index in [4.69, 9.17) is 22.4 Å². The Kier molecular flexibility index (Phi) is 12.1. The van der Waals surface area contributed by atoms with E-state index < -0.39 is 11.6 Å². The second-order valence-electron chi connectivity index (χ2n) is 11.3. The van der Waals surface area contributed by atoms with Gasteiger partial charge in [-0.15, -0.1) is 0 Å². The molecule has 2 aromatic carbocycles. The maximum Gasteiger partial charge on any atom is 0.229 e. The van der Waals surface area contributed by atoms with Crippen LogP contribution in [-0.2, 0) is 13.2 Å². The van der Waals surface area contributed by atoms with Gasteiger partial charge in [-0.1, -0.05) is 12.1 Å². The standard InChI is InChI=1S/C17H18FN5O.C9H8ClFN4O.C8H11N/c1-10-4-11(2)6-14(5-10)20-17-19-7-15(18)16(21-17)23-8-13(9-24)12(3)22-23;1-5-6(4-16)3-15(14-5)8-7(11)2-12-9(10)13-8;1-6-3-7(2)5-8(9)4-6/h4-8,24H,9H2,1-3H3,(H,19,20,21);2-3,16H,4H2,1H3;3-5H,9H2,1-2H3. The van der Waals surface area contributed by atoms with Crippen LogP contribution in [0.15, 0.2) is 61.2 Å². The number of benzene rings is 2. The Balaban J connectivity index is 0.000000185. The van der Waals surface area contributed by atoms with Crippen LogP contribution >= 0.6 is 11.6 Å². The third-order valence-electron chi connectivity index (χ3n) is 6.92. The van der Waals surface area contributed by atoms with E-state index in [1.807, 2.05) is 52.0 Å². The quantitative estimate of drug-likeness (QED) is 0.118. The summed E-state index contributed by atoms with van der Waals surface area (Å²) in [6, 6.07) is 12.0. The Labute approximate surface area is 287 Å². The zero-order chi connectivity index (χ0) is 35.8. The molecule has 6 aromatic rings. The zero-order valence-electron chi connectivity index (χ0n) is 27.9. The van der Waals surface area contributed by atoms with Crippen LogP contribution in [0.5, 0.6) is 0 Å². The van der Waals surface area contributed by atoms with Crippen LogP contribution in [0.25, 0.3) is 11.6 Å². The first-order valence-corrected chi connectivity index (χ1v) is 15.4. The van der Waals surface area contributed by atoms with E-state index in [0.29, 0.717) is 22.5 Å². The van der Waals surface area contributed by atoms with Crippen LogP contribution in [0.4, 0.5) is 26.1 Å². The van der Waals surface area contributed by atoms with E-state index in [0.717, 1.165) is 34.9 Å². The SMILES string of the molecule is Cc1cc(C)cc(N)c1.Cc1cc(C)cc(Nc2ncc(F)c(-n3cc(CO)c(C)n3)n2)c1.Cc1nn(-c2nc(Cl)ncc2F)cc1CO. The maximum absolute atomic E-state index is 14.1. The van der Waals surface area contributed by atoms with Crippen molar-refractivity contribution in [2.45, 2.75) is 54.8 Å². The van der Waals surface area contributed by atoms with Crippen LogP contribution in [0.1, 0.15) is 44.8 Å².